The molecule has 22 heavy (non-hydrogen) atoms. The Morgan fingerprint density at radius 1 is 1.14 bits per heavy atom. The number of carbonyl (C=O) groups is 1. The van der Waals surface area contributed by atoms with Crippen molar-refractivity contribution in [1.82, 2.24) is 4.90 Å². The third kappa shape index (κ3) is 3.48. The standard InChI is InChI=1S/C19H21N2O/c20-19(22)21-12-4-7-17-11-10-16(13-18(17)14-21)9-8-15-5-2-1-3-6-15/h1-3,5-6,9-11,13H,4,7-8,12,14H2,(H2,20,22). The second-order valence-corrected chi connectivity index (χ2v) is 5.79. The SMILES string of the molecule is NC(=O)N1CCCc2ccc([CH]Cc3ccccc3)cc2C1. The maximum Gasteiger partial charge on any atom is 0.315 e. The summed E-state index contributed by atoms with van der Waals surface area (Å²) in [6, 6.07) is 16.6. The maximum absolute atomic E-state index is 11.5. The van der Waals surface area contributed by atoms with Crippen LogP contribution in [0.15, 0.2) is 48.5 Å². The molecule has 0 spiro atoms. The number of nitrogens with two attached hydrogens (primary N) is 1. The van der Waals surface area contributed by atoms with Gasteiger partial charge in [-0.15, -0.1) is 0 Å². The lowest BCUT2D eigenvalue weighted by molar-refractivity contribution is 0.206. The van der Waals surface area contributed by atoms with E-state index in [0.717, 1.165) is 25.8 Å². The molecule has 113 valence electrons. The molecular weight excluding hydrogens is 272 g/mol. The Morgan fingerprint density at radius 3 is 2.73 bits per heavy atom. The van der Waals surface area contributed by atoms with E-state index in [4.69, 9.17) is 5.73 Å². The summed E-state index contributed by atoms with van der Waals surface area (Å²) in [5.41, 5.74) is 10.5. The molecule has 2 aromatic rings. The first-order chi connectivity index (χ1) is 10.7. The number of primary amides is 1. The Kier molecular flexibility index (Phi) is 4.42. The van der Waals surface area contributed by atoms with Crippen LogP contribution in [0.25, 0.3) is 0 Å². The average molecular weight is 293 g/mol. The molecule has 1 heterocycles. The molecule has 3 rings (SSSR count). The quantitative estimate of drug-likeness (QED) is 0.927. The van der Waals surface area contributed by atoms with Gasteiger partial charge in [-0.1, -0.05) is 48.5 Å². The topological polar surface area (TPSA) is 46.3 Å². The first-order valence-corrected chi connectivity index (χ1v) is 7.76. The third-order valence-corrected chi connectivity index (χ3v) is 4.19. The van der Waals surface area contributed by atoms with Crippen molar-refractivity contribution < 1.29 is 4.79 Å². The number of carbonyl (C=O) groups excluding carboxylic acids is 1. The van der Waals surface area contributed by atoms with Crippen molar-refractivity contribution in [1.29, 1.82) is 0 Å². The lowest BCUT2D eigenvalue weighted by atomic mass is 9.98. The van der Waals surface area contributed by atoms with Gasteiger partial charge in [0.05, 0.1) is 0 Å². The van der Waals surface area contributed by atoms with Gasteiger partial charge in [0.1, 0.15) is 0 Å². The van der Waals surface area contributed by atoms with Crippen LogP contribution in [-0.2, 0) is 19.4 Å². The van der Waals surface area contributed by atoms with Gasteiger partial charge in [0.2, 0.25) is 0 Å². The fourth-order valence-electron chi connectivity index (χ4n) is 2.95. The third-order valence-electron chi connectivity index (χ3n) is 4.19. The lowest BCUT2D eigenvalue weighted by Crippen LogP contribution is -2.35. The predicted molar refractivity (Wildman–Crippen MR) is 88.3 cm³/mol. The van der Waals surface area contributed by atoms with Crippen molar-refractivity contribution in [2.45, 2.75) is 25.8 Å². The molecule has 0 saturated carbocycles. The van der Waals surface area contributed by atoms with E-state index < -0.39 is 0 Å². The molecule has 0 atom stereocenters. The first kappa shape index (κ1) is 14.6. The van der Waals surface area contributed by atoms with Crippen LogP contribution < -0.4 is 5.73 Å². The zero-order valence-corrected chi connectivity index (χ0v) is 12.7. The van der Waals surface area contributed by atoms with E-state index in [-0.39, 0.29) is 6.03 Å². The average Bonchev–Trinajstić information content (AvgIpc) is 2.76. The van der Waals surface area contributed by atoms with Gasteiger partial charge in [-0.2, -0.15) is 0 Å². The smallest absolute Gasteiger partial charge is 0.315 e. The lowest BCUT2D eigenvalue weighted by Gasteiger charge is -2.18. The molecule has 2 N–H and O–H groups in total. The van der Waals surface area contributed by atoms with Crippen LogP contribution in [0.2, 0.25) is 0 Å². The monoisotopic (exact) mass is 293 g/mol. The van der Waals surface area contributed by atoms with E-state index in [9.17, 15) is 4.79 Å². The van der Waals surface area contributed by atoms with Crippen molar-refractivity contribution in [3.63, 3.8) is 0 Å². The Morgan fingerprint density at radius 2 is 1.95 bits per heavy atom. The molecule has 3 heteroatoms. The minimum absolute atomic E-state index is 0.327. The summed E-state index contributed by atoms with van der Waals surface area (Å²) in [5, 5.41) is 0. The fraction of sp³-hybridized carbons (Fsp3) is 0.263. The molecule has 1 radical (unpaired) electrons. The number of benzene rings is 2. The van der Waals surface area contributed by atoms with Crippen molar-refractivity contribution in [2.24, 2.45) is 5.73 Å². The predicted octanol–water partition coefficient (Wildman–Crippen LogP) is 3.31. The Hall–Kier alpha value is -2.29. The minimum Gasteiger partial charge on any atom is -0.351 e. The Balaban J connectivity index is 1.73. The number of hydrogen-bond donors (Lipinski definition) is 1. The molecule has 1 aliphatic heterocycles. The maximum atomic E-state index is 11.5. The number of aryl methyl sites for hydroxylation is 1. The number of nitrogens with zero attached hydrogens (tertiary/aromatic N) is 1. The minimum atomic E-state index is -0.327. The van der Waals surface area contributed by atoms with E-state index in [1.807, 2.05) is 6.07 Å². The summed E-state index contributed by atoms with van der Waals surface area (Å²) >= 11 is 0. The zero-order chi connectivity index (χ0) is 15.4. The van der Waals surface area contributed by atoms with Crippen LogP contribution in [0, 0.1) is 6.42 Å². The van der Waals surface area contributed by atoms with Crippen LogP contribution in [-0.4, -0.2) is 17.5 Å². The molecule has 3 nitrogen and oxygen atoms in total. The highest BCUT2D eigenvalue weighted by Gasteiger charge is 2.17. The number of rotatable bonds is 3. The number of fused-ring (bicyclic) bond motifs is 1. The van der Waals surface area contributed by atoms with Crippen LogP contribution in [0.5, 0.6) is 0 Å². The van der Waals surface area contributed by atoms with E-state index in [0.29, 0.717) is 6.54 Å². The van der Waals surface area contributed by atoms with Gasteiger partial charge in [-0.05, 0) is 47.9 Å². The number of amides is 2. The zero-order valence-electron chi connectivity index (χ0n) is 12.7. The summed E-state index contributed by atoms with van der Waals surface area (Å²) in [5.74, 6) is 0. The Bertz CT molecular complexity index is 652. The van der Waals surface area contributed by atoms with Gasteiger partial charge < -0.3 is 10.6 Å². The van der Waals surface area contributed by atoms with Gasteiger partial charge in [-0.3, -0.25) is 0 Å². The molecule has 1 aliphatic rings. The molecule has 0 fully saturated rings. The van der Waals surface area contributed by atoms with Crippen molar-refractivity contribution in [3.05, 3.63) is 77.2 Å². The van der Waals surface area contributed by atoms with Crippen LogP contribution in [0.3, 0.4) is 0 Å². The molecule has 0 aliphatic carbocycles. The first-order valence-electron chi connectivity index (χ1n) is 7.76. The largest absolute Gasteiger partial charge is 0.351 e. The van der Waals surface area contributed by atoms with Crippen LogP contribution in [0.1, 0.15) is 28.7 Å². The van der Waals surface area contributed by atoms with Crippen LogP contribution >= 0.6 is 0 Å². The molecule has 0 unspecified atom stereocenters. The normalized spacial score (nSPS) is 14.3. The highest BCUT2D eigenvalue weighted by Crippen LogP contribution is 2.21. The molecule has 2 amide bonds. The van der Waals surface area contributed by atoms with Gasteiger partial charge in [0.25, 0.3) is 0 Å². The van der Waals surface area contributed by atoms with Crippen molar-refractivity contribution in [2.75, 3.05) is 6.54 Å². The number of hydrogen-bond acceptors (Lipinski definition) is 1. The van der Waals surface area contributed by atoms with Crippen molar-refractivity contribution in [3.8, 4) is 0 Å². The highest BCUT2D eigenvalue weighted by atomic mass is 16.2. The van der Waals surface area contributed by atoms with Gasteiger partial charge in [0.15, 0.2) is 0 Å². The van der Waals surface area contributed by atoms with Gasteiger partial charge in [0, 0.05) is 13.1 Å². The second kappa shape index (κ2) is 6.65. The Labute approximate surface area is 131 Å². The van der Waals surface area contributed by atoms with E-state index in [1.54, 1.807) is 4.90 Å². The summed E-state index contributed by atoms with van der Waals surface area (Å²) in [7, 11) is 0. The highest BCUT2D eigenvalue weighted by molar-refractivity contribution is 5.72. The summed E-state index contributed by atoms with van der Waals surface area (Å²) in [6.07, 6.45) is 5.13. The molecule has 0 saturated heterocycles. The number of urea groups is 1. The summed E-state index contributed by atoms with van der Waals surface area (Å²) < 4.78 is 0. The molecule has 2 aromatic carbocycles. The summed E-state index contributed by atoms with van der Waals surface area (Å²) in [4.78, 5) is 13.2. The van der Waals surface area contributed by atoms with Crippen LogP contribution in [0.4, 0.5) is 4.79 Å². The fourth-order valence-corrected chi connectivity index (χ4v) is 2.95. The molecule has 0 bridgehead atoms. The molecular formula is C19H21N2O. The summed E-state index contributed by atoms with van der Waals surface area (Å²) in [6.45, 7) is 1.37. The van der Waals surface area contributed by atoms with Gasteiger partial charge in [-0.25, -0.2) is 4.79 Å². The van der Waals surface area contributed by atoms with E-state index >= 15 is 0 Å². The van der Waals surface area contributed by atoms with Crippen molar-refractivity contribution >= 4 is 6.03 Å². The second-order valence-electron chi connectivity index (χ2n) is 5.79. The molecule has 0 aromatic heterocycles. The van der Waals surface area contributed by atoms with E-state index in [2.05, 4.69) is 48.9 Å². The van der Waals surface area contributed by atoms with E-state index in [1.165, 1.54) is 22.3 Å². The van der Waals surface area contributed by atoms with Gasteiger partial charge >= 0.3 is 6.03 Å².